The highest BCUT2D eigenvalue weighted by molar-refractivity contribution is 5.71. The van der Waals surface area contributed by atoms with Gasteiger partial charge in [0.25, 0.3) is 0 Å². The molecule has 0 fully saturated rings. The van der Waals surface area contributed by atoms with Crippen LogP contribution in [0.2, 0.25) is 0 Å². The van der Waals surface area contributed by atoms with Crippen molar-refractivity contribution < 1.29 is 28.6 Å². The van der Waals surface area contributed by atoms with Gasteiger partial charge in [0.1, 0.15) is 13.2 Å². The van der Waals surface area contributed by atoms with Crippen LogP contribution in [0.5, 0.6) is 0 Å². The lowest BCUT2D eigenvalue weighted by Gasteiger charge is -2.18. The average Bonchev–Trinajstić information content (AvgIpc) is 3.41. The highest BCUT2D eigenvalue weighted by Crippen LogP contribution is 2.18. The molecule has 0 aliphatic rings. The Morgan fingerprint density at radius 3 is 0.813 bits per heavy atom. The fourth-order valence-electron chi connectivity index (χ4n) is 9.65. The van der Waals surface area contributed by atoms with Crippen LogP contribution >= 0.6 is 0 Å². The number of unbranched alkanes of at least 4 members (excludes halogenated alkanes) is 39. The van der Waals surface area contributed by atoms with Gasteiger partial charge in [0, 0.05) is 19.3 Å². The van der Waals surface area contributed by atoms with E-state index in [4.69, 9.17) is 14.2 Å². The van der Waals surface area contributed by atoms with Crippen LogP contribution in [0, 0.1) is 0 Å². The third kappa shape index (κ3) is 61.8. The number of esters is 3. The molecule has 0 aliphatic carbocycles. The molecule has 0 saturated heterocycles. The largest absolute Gasteiger partial charge is 0.462 e. The standard InChI is InChI=1S/C69H124O6/c1-4-7-10-13-16-19-22-24-26-27-28-29-30-31-32-33-34-35-36-37-38-39-40-41-43-44-47-50-53-56-59-62-68(71)74-65-66(64-73-67(70)61-58-55-52-49-46-21-18-15-12-9-6-3)75-69(72)63-60-57-54-51-48-45-42-25-23-20-17-14-11-8-5-2/h7,10,16,19,24,26,28-29,31-32,66H,4-6,8-9,11-15,17-18,20-23,25,27,30,33-65H2,1-3H3/b10-7-,19-16-,26-24-,29-28-,32-31-. The second kappa shape index (κ2) is 63.6. The first-order chi connectivity index (χ1) is 37.0. The van der Waals surface area contributed by atoms with Crippen molar-refractivity contribution in [3.63, 3.8) is 0 Å². The van der Waals surface area contributed by atoms with Gasteiger partial charge in [0.15, 0.2) is 6.10 Å². The molecule has 0 bridgehead atoms. The first-order valence-corrected chi connectivity index (χ1v) is 32.8. The number of allylic oxidation sites excluding steroid dienone is 10. The van der Waals surface area contributed by atoms with Gasteiger partial charge < -0.3 is 14.2 Å². The van der Waals surface area contributed by atoms with Crippen LogP contribution in [-0.2, 0) is 28.6 Å². The molecular weight excluding hydrogens is 925 g/mol. The van der Waals surface area contributed by atoms with Gasteiger partial charge in [-0.1, -0.05) is 319 Å². The van der Waals surface area contributed by atoms with Gasteiger partial charge in [-0.25, -0.2) is 0 Å². The zero-order valence-electron chi connectivity index (χ0n) is 50.1. The van der Waals surface area contributed by atoms with Crippen LogP contribution in [0.3, 0.4) is 0 Å². The van der Waals surface area contributed by atoms with Crippen LogP contribution in [0.1, 0.15) is 342 Å². The number of carbonyl (C=O) groups is 3. The van der Waals surface area contributed by atoms with E-state index in [1.807, 2.05) is 0 Å². The van der Waals surface area contributed by atoms with Crippen molar-refractivity contribution >= 4 is 17.9 Å². The minimum atomic E-state index is -0.768. The number of hydrogen-bond donors (Lipinski definition) is 0. The van der Waals surface area contributed by atoms with Gasteiger partial charge in [-0.3, -0.25) is 14.4 Å². The van der Waals surface area contributed by atoms with E-state index in [0.717, 1.165) is 89.9 Å². The number of ether oxygens (including phenoxy) is 3. The second-order valence-electron chi connectivity index (χ2n) is 22.0. The Bertz CT molecular complexity index is 1340. The highest BCUT2D eigenvalue weighted by Gasteiger charge is 2.19. The van der Waals surface area contributed by atoms with Gasteiger partial charge in [-0.2, -0.15) is 0 Å². The normalized spacial score (nSPS) is 12.4. The maximum atomic E-state index is 12.9. The van der Waals surface area contributed by atoms with E-state index in [9.17, 15) is 14.4 Å². The summed E-state index contributed by atoms with van der Waals surface area (Å²) in [7, 11) is 0. The lowest BCUT2D eigenvalue weighted by molar-refractivity contribution is -0.167. The summed E-state index contributed by atoms with van der Waals surface area (Å²) in [6, 6.07) is 0. The molecule has 0 spiro atoms. The predicted octanol–water partition coefficient (Wildman–Crippen LogP) is 22.3. The molecule has 0 saturated carbocycles. The predicted molar refractivity (Wildman–Crippen MR) is 325 cm³/mol. The highest BCUT2D eigenvalue weighted by atomic mass is 16.6. The summed E-state index contributed by atoms with van der Waals surface area (Å²) in [6.45, 7) is 6.57. The van der Waals surface area contributed by atoms with Crippen molar-refractivity contribution in [1.29, 1.82) is 0 Å². The number of carbonyl (C=O) groups excluding carboxylic acids is 3. The number of rotatable bonds is 60. The molecule has 1 unspecified atom stereocenters. The molecule has 0 rings (SSSR count). The smallest absolute Gasteiger partial charge is 0.306 e. The Morgan fingerprint density at radius 2 is 0.520 bits per heavy atom. The quantitative estimate of drug-likeness (QED) is 0.0261. The summed E-state index contributed by atoms with van der Waals surface area (Å²) in [5.74, 6) is -0.847. The molecule has 0 radical (unpaired) electrons. The first-order valence-electron chi connectivity index (χ1n) is 32.8. The van der Waals surface area contributed by atoms with Gasteiger partial charge in [0.2, 0.25) is 0 Å². The van der Waals surface area contributed by atoms with Crippen LogP contribution in [0.4, 0.5) is 0 Å². The van der Waals surface area contributed by atoms with Crippen molar-refractivity contribution in [2.24, 2.45) is 0 Å². The van der Waals surface area contributed by atoms with Crippen molar-refractivity contribution in [1.82, 2.24) is 0 Å². The molecule has 6 heteroatoms. The molecule has 0 aromatic heterocycles. The first kappa shape index (κ1) is 72.1. The van der Waals surface area contributed by atoms with E-state index in [-0.39, 0.29) is 31.1 Å². The van der Waals surface area contributed by atoms with Gasteiger partial charge in [-0.15, -0.1) is 0 Å². The Hall–Kier alpha value is -2.89. The molecule has 1 atom stereocenters. The Kier molecular flexibility index (Phi) is 61.2. The molecule has 436 valence electrons. The van der Waals surface area contributed by atoms with Gasteiger partial charge in [-0.05, 0) is 64.2 Å². The Labute approximate surface area is 466 Å². The minimum Gasteiger partial charge on any atom is -0.462 e. The lowest BCUT2D eigenvalue weighted by atomic mass is 10.0. The van der Waals surface area contributed by atoms with E-state index in [0.29, 0.717) is 19.3 Å². The van der Waals surface area contributed by atoms with Crippen molar-refractivity contribution in [2.45, 2.75) is 348 Å². The maximum absolute atomic E-state index is 12.9. The van der Waals surface area contributed by atoms with E-state index in [1.54, 1.807) is 0 Å². The average molecular weight is 1050 g/mol. The SMILES string of the molecule is CC/C=C\C/C=C\C/C=C\C/C=C\C/C=C\CCCCCCCCCCCCCCCCCC(=O)OCC(COC(=O)CCCCCCCCCCCCC)OC(=O)CCCCCCCCCCCCCCCCC. The van der Waals surface area contributed by atoms with Crippen molar-refractivity contribution in [3.8, 4) is 0 Å². The fraction of sp³-hybridized carbons (Fsp3) is 0.812. The van der Waals surface area contributed by atoms with Gasteiger partial charge in [0.05, 0.1) is 0 Å². The molecule has 0 aliphatic heterocycles. The third-order valence-electron chi connectivity index (χ3n) is 14.5. The second-order valence-corrected chi connectivity index (χ2v) is 22.0. The third-order valence-corrected chi connectivity index (χ3v) is 14.5. The van der Waals surface area contributed by atoms with E-state index < -0.39 is 6.10 Å². The van der Waals surface area contributed by atoms with Crippen LogP contribution in [0.25, 0.3) is 0 Å². The summed E-state index contributed by atoms with van der Waals surface area (Å²) in [5, 5.41) is 0. The zero-order valence-corrected chi connectivity index (χ0v) is 50.1. The van der Waals surface area contributed by atoms with E-state index in [1.165, 1.54) is 212 Å². The molecule has 0 amide bonds. The van der Waals surface area contributed by atoms with E-state index in [2.05, 4.69) is 81.5 Å². The summed E-state index contributed by atoms with van der Waals surface area (Å²) < 4.78 is 16.9. The fourth-order valence-corrected chi connectivity index (χ4v) is 9.65. The summed E-state index contributed by atoms with van der Waals surface area (Å²) in [6.07, 6.45) is 81.0. The van der Waals surface area contributed by atoms with E-state index >= 15 is 0 Å². The molecular formula is C69H124O6. The van der Waals surface area contributed by atoms with Crippen LogP contribution in [0.15, 0.2) is 60.8 Å². The molecule has 0 heterocycles. The molecule has 0 aromatic carbocycles. The number of hydrogen-bond acceptors (Lipinski definition) is 6. The van der Waals surface area contributed by atoms with Gasteiger partial charge >= 0.3 is 17.9 Å². The minimum absolute atomic E-state index is 0.0672. The zero-order chi connectivity index (χ0) is 54.3. The lowest BCUT2D eigenvalue weighted by Crippen LogP contribution is -2.30. The molecule has 0 aromatic rings. The Balaban J connectivity index is 4.12. The molecule has 75 heavy (non-hydrogen) atoms. The molecule has 0 N–H and O–H groups in total. The maximum Gasteiger partial charge on any atom is 0.306 e. The summed E-state index contributed by atoms with van der Waals surface area (Å²) in [4.78, 5) is 38.2. The molecule has 6 nitrogen and oxygen atoms in total. The van der Waals surface area contributed by atoms with Crippen LogP contribution in [-0.4, -0.2) is 37.2 Å². The summed E-state index contributed by atoms with van der Waals surface area (Å²) in [5.41, 5.74) is 0. The Morgan fingerprint density at radius 1 is 0.280 bits per heavy atom. The van der Waals surface area contributed by atoms with Crippen molar-refractivity contribution in [3.05, 3.63) is 60.8 Å². The summed E-state index contributed by atoms with van der Waals surface area (Å²) >= 11 is 0. The van der Waals surface area contributed by atoms with Crippen molar-refractivity contribution in [2.75, 3.05) is 13.2 Å². The van der Waals surface area contributed by atoms with Crippen LogP contribution < -0.4 is 0 Å². The monoisotopic (exact) mass is 1050 g/mol. The topological polar surface area (TPSA) is 78.9 Å².